The summed E-state index contributed by atoms with van der Waals surface area (Å²) in [7, 11) is 1.59. The molecule has 0 saturated carbocycles. The second kappa shape index (κ2) is 7.15. The van der Waals surface area contributed by atoms with Crippen LogP contribution >= 0.6 is 0 Å². The Morgan fingerprint density at radius 1 is 1.27 bits per heavy atom. The Morgan fingerprint density at radius 2 is 1.91 bits per heavy atom. The van der Waals surface area contributed by atoms with Crippen LogP contribution in [0.5, 0.6) is 5.75 Å². The maximum atomic E-state index is 12.1. The average molecular weight is 308 g/mol. The van der Waals surface area contributed by atoms with Crippen molar-refractivity contribution in [3.05, 3.63) is 23.3 Å². The summed E-state index contributed by atoms with van der Waals surface area (Å²) < 4.78 is 5.33. The Bertz CT molecular complexity index is 568. The number of carbonyl (C=O) groups excluding carboxylic acids is 1. The number of hydrogen-bond acceptors (Lipinski definition) is 3. The van der Waals surface area contributed by atoms with Crippen molar-refractivity contribution in [1.82, 2.24) is 5.32 Å². The highest BCUT2D eigenvalue weighted by Crippen LogP contribution is 2.29. The maximum absolute atomic E-state index is 12.1. The number of anilines is 1. The molecular formula is C16H24N2O4. The van der Waals surface area contributed by atoms with E-state index in [1.165, 1.54) is 0 Å². The van der Waals surface area contributed by atoms with Crippen LogP contribution in [0.1, 0.15) is 37.8 Å². The highest BCUT2D eigenvalue weighted by atomic mass is 16.5. The monoisotopic (exact) mass is 308 g/mol. The number of ether oxygens (including phenoxy) is 1. The number of nitrogens with one attached hydrogen (secondary N) is 2. The van der Waals surface area contributed by atoms with Crippen molar-refractivity contribution in [2.75, 3.05) is 12.4 Å². The van der Waals surface area contributed by atoms with Crippen molar-refractivity contribution in [2.24, 2.45) is 0 Å². The van der Waals surface area contributed by atoms with Gasteiger partial charge in [-0.15, -0.1) is 0 Å². The van der Waals surface area contributed by atoms with E-state index < -0.39 is 11.5 Å². The zero-order valence-electron chi connectivity index (χ0n) is 13.7. The zero-order chi connectivity index (χ0) is 16.9. The molecule has 6 nitrogen and oxygen atoms in total. The number of carbonyl (C=O) groups is 2. The predicted molar refractivity (Wildman–Crippen MR) is 85.6 cm³/mol. The predicted octanol–water partition coefficient (Wildman–Crippen LogP) is 3.08. The van der Waals surface area contributed by atoms with Crippen molar-refractivity contribution >= 4 is 17.7 Å². The van der Waals surface area contributed by atoms with E-state index in [1.807, 2.05) is 26.0 Å². The minimum absolute atomic E-state index is 0.00463. The number of carboxylic acids is 1. The fourth-order valence-corrected chi connectivity index (χ4v) is 2.22. The van der Waals surface area contributed by atoms with Gasteiger partial charge in [0.15, 0.2) is 0 Å². The second-order valence-electron chi connectivity index (χ2n) is 5.95. The SMILES string of the molecule is COc1c(C)ccc(NC(=O)NC(C)(C)CCC(=O)O)c1C. The quantitative estimate of drug-likeness (QED) is 0.753. The van der Waals surface area contributed by atoms with Crippen LogP contribution in [-0.2, 0) is 4.79 Å². The van der Waals surface area contributed by atoms with Gasteiger partial charge >= 0.3 is 12.0 Å². The molecule has 0 bridgehead atoms. The first-order valence-electron chi connectivity index (χ1n) is 7.11. The molecule has 0 spiro atoms. The smallest absolute Gasteiger partial charge is 0.319 e. The lowest BCUT2D eigenvalue weighted by atomic mass is 9.99. The third-order valence-corrected chi connectivity index (χ3v) is 3.47. The van der Waals surface area contributed by atoms with Gasteiger partial charge in [0.2, 0.25) is 0 Å². The molecule has 1 aromatic rings. The van der Waals surface area contributed by atoms with E-state index in [1.54, 1.807) is 21.0 Å². The van der Waals surface area contributed by atoms with Crippen LogP contribution in [0.3, 0.4) is 0 Å². The molecule has 1 rings (SSSR count). The molecule has 0 heterocycles. The fourth-order valence-electron chi connectivity index (χ4n) is 2.22. The number of rotatable bonds is 6. The van der Waals surface area contributed by atoms with Crippen molar-refractivity contribution in [2.45, 2.75) is 46.1 Å². The topological polar surface area (TPSA) is 87.7 Å². The third kappa shape index (κ3) is 4.95. The molecule has 0 fully saturated rings. The summed E-state index contributed by atoms with van der Waals surface area (Å²) in [4.78, 5) is 22.7. The van der Waals surface area contributed by atoms with Gasteiger partial charge in [-0.1, -0.05) is 6.07 Å². The molecule has 0 saturated heterocycles. The molecule has 0 aromatic heterocycles. The van der Waals surface area contributed by atoms with Gasteiger partial charge in [0.1, 0.15) is 5.75 Å². The molecule has 0 aliphatic rings. The van der Waals surface area contributed by atoms with Crippen LogP contribution in [0, 0.1) is 13.8 Å². The van der Waals surface area contributed by atoms with E-state index in [0.717, 1.165) is 16.9 Å². The van der Waals surface area contributed by atoms with Crippen LogP contribution in [0.25, 0.3) is 0 Å². The van der Waals surface area contributed by atoms with Crippen LogP contribution in [0.2, 0.25) is 0 Å². The van der Waals surface area contributed by atoms with E-state index in [0.29, 0.717) is 12.1 Å². The molecular weight excluding hydrogens is 284 g/mol. The van der Waals surface area contributed by atoms with Crippen LogP contribution < -0.4 is 15.4 Å². The van der Waals surface area contributed by atoms with E-state index in [2.05, 4.69) is 10.6 Å². The van der Waals surface area contributed by atoms with E-state index in [-0.39, 0.29) is 12.5 Å². The minimum atomic E-state index is -0.880. The van der Waals surface area contributed by atoms with Crippen LogP contribution in [0.15, 0.2) is 12.1 Å². The van der Waals surface area contributed by atoms with Gasteiger partial charge in [0.05, 0.1) is 7.11 Å². The lowest BCUT2D eigenvalue weighted by Crippen LogP contribution is -2.45. The largest absolute Gasteiger partial charge is 0.496 e. The molecule has 0 aliphatic heterocycles. The van der Waals surface area contributed by atoms with E-state index >= 15 is 0 Å². The van der Waals surface area contributed by atoms with E-state index in [4.69, 9.17) is 9.84 Å². The van der Waals surface area contributed by atoms with Gasteiger partial charge in [-0.2, -0.15) is 0 Å². The molecule has 0 radical (unpaired) electrons. The van der Waals surface area contributed by atoms with Gasteiger partial charge in [0, 0.05) is 23.2 Å². The molecule has 2 amide bonds. The summed E-state index contributed by atoms with van der Waals surface area (Å²) in [5.74, 6) is -0.141. The van der Waals surface area contributed by atoms with Crippen molar-refractivity contribution in [1.29, 1.82) is 0 Å². The Morgan fingerprint density at radius 3 is 2.45 bits per heavy atom. The molecule has 6 heteroatoms. The number of amides is 2. The number of aryl methyl sites for hydroxylation is 1. The molecule has 122 valence electrons. The first kappa shape index (κ1) is 17.8. The van der Waals surface area contributed by atoms with Crippen molar-refractivity contribution in [3.63, 3.8) is 0 Å². The first-order valence-corrected chi connectivity index (χ1v) is 7.11. The van der Waals surface area contributed by atoms with E-state index in [9.17, 15) is 9.59 Å². The Labute approximate surface area is 130 Å². The molecule has 22 heavy (non-hydrogen) atoms. The Kier molecular flexibility index (Phi) is 5.79. The summed E-state index contributed by atoms with van der Waals surface area (Å²) in [6.07, 6.45) is 0.358. The fraction of sp³-hybridized carbons (Fsp3) is 0.500. The summed E-state index contributed by atoms with van der Waals surface area (Å²) in [6, 6.07) is 3.32. The van der Waals surface area contributed by atoms with Crippen molar-refractivity contribution < 1.29 is 19.4 Å². The second-order valence-corrected chi connectivity index (χ2v) is 5.95. The Balaban J connectivity index is 2.75. The normalized spacial score (nSPS) is 11.0. The lowest BCUT2D eigenvalue weighted by molar-refractivity contribution is -0.137. The number of carboxylic acid groups (broad SMARTS) is 1. The van der Waals surface area contributed by atoms with Gasteiger partial charge in [-0.05, 0) is 45.7 Å². The summed E-state index contributed by atoms with van der Waals surface area (Å²) >= 11 is 0. The third-order valence-electron chi connectivity index (χ3n) is 3.47. The minimum Gasteiger partial charge on any atom is -0.496 e. The first-order chi connectivity index (χ1) is 10.2. The standard InChI is InChI=1S/C16H24N2O4/c1-10-6-7-12(11(2)14(10)22-5)17-15(21)18-16(3,4)9-8-13(19)20/h6-7H,8-9H2,1-5H3,(H,19,20)(H2,17,18,21). The molecule has 0 unspecified atom stereocenters. The molecule has 0 atom stereocenters. The zero-order valence-corrected chi connectivity index (χ0v) is 13.7. The molecule has 1 aromatic carbocycles. The Hall–Kier alpha value is -2.24. The number of aliphatic carboxylic acids is 1. The van der Waals surface area contributed by atoms with Crippen LogP contribution in [0.4, 0.5) is 10.5 Å². The lowest BCUT2D eigenvalue weighted by Gasteiger charge is -2.26. The number of urea groups is 1. The number of hydrogen-bond donors (Lipinski definition) is 3. The van der Waals surface area contributed by atoms with Gasteiger partial charge in [-0.3, -0.25) is 4.79 Å². The van der Waals surface area contributed by atoms with Gasteiger partial charge in [-0.25, -0.2) is 4.79 Å². The summed E-state index contributed by atoms with van der Waals surface area (Å²) in [5.41, 5.74) is 1.90. The van der Waals surface area contributed by atoms with Crippen LogP contribution in [-0.4, -0.2) is 29.8 Å². The highest BCUT2D eigenvalue weighted by Gasteiger charge is 2.22. The number of benzene rings is 1. The highest BCUT2D eigenvalue weighted by molar-refractivity contribution is 5.91. The maximum Gasteiger partial charge on any atom is 0.319 e. The van der Waals surface area contributed by atoms with Crippen molar-refractivity contribution in [3.8, 4) is 5.75 Å². The average Bonchev–Trinajstić information content (AvgIpc) is 2.40. The number of methoxy groups -OCH3 is 1. The molecule has 3 N–H and O–H groups in total. The van der Waals surface area contributed by atoms with Gasteiger partial charge < -0.3 is 20.5 Å². The summed E-state index contributed by atoms with van der Waals surface area (Å²) in [5, 5.41) is 14.3. The van der Waals surface area contributed by atoms with Gasteiger partial charge in [0.25, 0.3) is 0 Å². The summed E-state index contributed by atoms with van der Waals surface area (Å²) in [6.45, 7) is 7.39. The molecule has 0 aliphatic carbocycles.